The topological polar surface area (TPSA) is 97.1 Å². The van der Waals surface area contributed by atoms with Gasteiger partial charge in [0.2, 0.25) is 10.4 Å². The highest BCUT2D eigenvalue weighted by Gasteiger charge is 2.41. The van der Waals surface area contributed by atoms with Crippen LogP contribution in [-0.2, 0) is 10.4 Å². The summed E-state index contributed by atoms with van der Waals surface area (Å²) in [5.74, 6) is 0.601. The highest BCUT2D eigenvalue weighted by atomic mass is 32.3. The lowest BCUT2D eigenvalue weighted by molar-refractivity contribution is -0.888. The molecule has 2 atom stereocenters. The van der Waals surface area contributed by atoms with Gasteiger partial charge in [-0.3, -0.25) is 9.45 Å². The van der Waals surface area contributed by atoms with E-state index in [4.69, 9.17) is 17.5 Å². The van der Waals surface area contributed by atoms with Crippen molar-refractivity contribution in [2.45, 2.75) is 69.2 Å². The van der Waals surface area contributed by atoms with Gasteiger partial charge >= 0.3 is 0 Å². The van der Waals surface area contributed by atoms with Crippen LogP contribution in [0.2, 0.25) is 0 Å². The molecule has 2 aliphatic heterocycles. The first-order valence-corrected chi connectivity index (χ1v) is 13.6. The molecule has 9 heteroatoms. The van der Waals surface area contributed by atoms with Crippen LogP contribution in [0.25, 0.3) is 0 Å². The van der Waals surface area contributed by atoms with Crippen molar-refractivity contribution >= 4 is 44.9 Å². The molecule has 0 aromatic heterocycles. The largest absolute Gasteiger partial charge is 0.726 e. The summed E-state index contributed by atoms with van der Waals surface area (Å²) in [5.41, 5.74) is 7.13. The van der Waals surface area contributed by atoms with Crippen LogP contribution in [0.5, 0.6) is 0 Å². The van der Waals surface area contributed by atoms with E-state index in [0.717, 1.165) is 19.6 Å². The molecule has 2 unspecified atom stereocenters. The van der Waals surface area contributed by atoms with Crippen LogP contribution < -0.4 is 15.1 Å². The molecule has 0 saturated carbocycles. The summed E-state index contributed by atoms with van der Waals surface area (Å²) in [5, 5.41) is 3.72. The first-order valence-electron chi connectivity index (χ1n) is 11.4. The monoisotopic (exact) mass is 493 g/mol. The Balaban J connectivity index is 0.000000555. The Kier molecular flexibility index (Phi) is 7.70. The summed E-state index contributed by atoms with van der Waals surface area (Å²) in [6.07, 6.45) is 1.24. The van der Waals surface area contributed by atoms with Gasteiger partial charge in [-0.15, -0.1) is 0 Å². The predicted octanol–water partition coefficient (Wildman–Crippen LogP) is 4.57. The molecule has 33 heavy (non-hydrogen) atoms. The summed E-state index contributed by atoms with van der Waals surface area (Å²) in [7, 11) is -4.92. The molecule has 0 bridgehead atoms. The molecular formula is C24H35N3O4S2. The normalized spacial score (nSPS) is 20.4. The third kappa shape index (κ3) is 5.84. The number of hydrogen-bond acceptors (Lipinski definition) is 6. The maximum absolute atomic E-state index is 8.63. The number of nitrogens with one attached hydrogen (secondary N) is 2. The SMILES string of the molecule is CCN(CC)c1ccc2c(c1)Sc1cc3c(cc1N2)C(C)CC(C)(C)[NH+]3CC.O=S(=O)([O-])O. The van der Waals surface area contributed by atoms with E-state index in [0.29, 0.717) is 5.92 Å². The number of hydrogen-bond donors (Lipinski definition) is 3. The molecule has 2 aromatic carbocycles. The highest BCUT2D eigenvalue weighted by molar-refractivity contribution is 7.99. The van der Waals surface area contributed by atoms with Gasteiger partial charge in [-0.1, -0.05) is 18.7 Å². The number of quaternary nitrogens is 1. The van der Waals surface area contributed by atoms with E-state index in [9.17, 15) is 0 Å². The van der Waals surface area contributed by atoms with E-state index in [1.807, 2.05) is 11.8 Å². The number of rotatable bonds is 4. The highest BCUT2D eigenvalue weighted by Crippen LogP contribution is 2.48. The summed E-state index contributed by atoms with van der Waals surface area (Å²) >= 11 is 1.92. The molecule has 3 N–H and O–H groups in total. The van der Waals surface area contributed by atoms with E-state index in [-0.39, 0.29) is 5.54 Å². The number of benzene rings is 2. The second-order valence-electron chi connectivity index (χ2n) is 9.26. The standard InChI is InChI=1S/C24H33N3S.H2O4S/c1-7-26(8-2)17-10-11-19-22(12-17)28-23-14-21-18(13-20(23)25-19)16(4)15-24(5,6)27(21)9-3;1-5(2,3)4/h10-14,16,25H,7-9,15H2,1-6H3;(H2,1,2,3,4). The van der Waals surface area contributed by atoms with Gasteiger partial charge in [0.1, 0.15) is 5.69 Å². The maximum Gasteiger partial charge on any atom is 0.215 e. The van der Waals surface area contributed by atoms with Crippen molar-refractivity contribution in [3.63, 3.8) is 0 Å². The fourth-order valence-electron chi connectivity index (χ4n) is 5.23. The summed E-state index contributed by atoms with van der Waals surface area (Å²) in [6.45, 7) is 17.2. The van der Waals surface area contributed by atoms with E-state index >= 15 is 0 Å². The molecule has 2 aliphatic rings. The van der Waals surface area contributed by atoms with Crippen molar-refractivity contribution < 1.29 is 22.4 Å². The molecule has 0 amide bonds. The van der Waals surface area contributed by atoms with Crippen LogP contribution in [0.3, 0.4) is 0 Å². The quantitative estimate of drug-likeness (QED) is 0.362. The maximum atomic E-state index is 8.63. The van der Waals surface area contributed by atoms with Gasteiger partial charge in [-0.05, 0) is 64.8 Å². The Morgan fingerprint density at radius 1 is 1.15 bits per heavy atom. The van der Waals surface area contributed by atoms with Crippen molar-refractivity contribution in [1.82, 2.24) is 0 Å². The second kappa shape index (κ2) is 9.84. The average molecular weight is 494 g/mol. The third-order valence-corrected chi connectivity index (χ3v) is 7.69. The predicted molar refractivity (Wildman–Crippen MR) is 134 cm³/mol. The zero-order valence-corrected chi connectivity index (χ0v) is 21.9. The van der Waals surface area contributed by atoms with Crippen LogP contribution in [0, 0.1) is 0 Å². The number of nitrogens with zero attached hydrogens (tertiary/aromatic N) is 1. The van der Waals surface area contributed by atoms with Crippen molar-refractivity contribution in [2.24, 2.45) is 0 Å². The number of anilines is 3. The fraction of sp³-hybridized carbons (Fsp3) is 0.500. The minimum atomic E-state index is -4.92. The minimum absolute atomic E-state index is 0.288. The Morgan fingerprint density at radius 2 is 1.76 bits per heavy atom. The minimum Gasteiger partial charge on any atom is -0.726 e. The van der Waals surface area contributed by atoms with Crippen LogP contribution >= 0.6 is 11.8 Å². The Hall–Kier alpha value is -1.78. The second-order valence-corrected chi connectivity index (χ2v) is 11.2. The van der Waals surface area contributed by atoms with Crippen molar-refractivity contribution in [2.75, 3.05) is 29.9 Å². The van der Waals surface area contributed by atoms with Crippen molar-refractivity contribution in [3.05, 3.63) is 35.9 Å². The van der Waals surface area contributed by atoms with Gasteiger partial charge in [-0.25, -0.2) is 8.42 Å². The van der Waals surface area contributed by atoms with Gasteiger partial charge in [-0.2, -0.15) is 0 Å². The van der Waals surface area contributed by atoms with Crippen LogP contribution in [0.4, 0.5) is 22.7 Å². The van der Waals surface area contributed by atoms with Gasteiger partial charge in [0.15, 0.2) is 0 Å². The molecule has 2 heterocycles. The van der Waals surface area contributed by atoms with Gasteiger partial charge in [0, 0.05) is 46.6 Å². The lowest BCUT2D eigenvalue weighted by Gasteiger charge is -2.42. The average Bonchev–Trinajstić information content (AvgIpc) is 2.70. The van der Waals surface area contributed by atoms with Gasteiger partial charge in [0.05, 0.1) is 23.5 Å². The zero-order chi connectivity index (χ0) is 24.6. The van der Waals surface area contributed by atoms with Crippen molar-refractivity contribution in [1.29, 1.82) is 0 Å². The zero-order valence-electron chi connectivity index (χ0n) is 20.2. The molecule has 182 valence electrons. The van der Waals surface area contributed by atoms with Gasteiger partial charge in [0.25, 0.3) is 0 Å². The molecule has 0 fully saturated rings. The fourth-order valence-corrected chi connectivity index (χ4v) is 6.27. The Bertz CT molecular complexity index is 1110. The lowest BCUT2D eigenvalue weighted by Crippen LogP contribution is -3.15. The van der Waals surface area contributed by atoms with E-state index in [1.54, 1.807) is 4.90 Å². The van der Waals surface area contributed by atoms with E-state index in [1.165, 1.54) is 44.5 Å². The molecule has 0 saturated heterocycles. The molecule has 2 aromatic rings. The van der Waals surface area contributed by atoms with E-state index < -0.39 is 10.4 Å². The first-order chi connectivity index (χ1) is 15.4. The van der Waals surface area contributed by atoms with Crippen LogP contribution in [-0.4, -0.2) is 42.7 Å². The molecule has 0 spiro atoms. The smallest absolute Gasteiger partial charge is 0.215 e. The Labute approximate surface area is 202 Å². The molecule has 4 rings (SSSR count). The van der Waals surface area contributed by atoms with E-state index in [2.05, 4.69) is 82.1 Å². The third-order valence-electron chi connectivity index (χ3n) is 6.58. The number of fused-ring (bicyclic) bond motifs is 3. The molecule has 0 aliphatic carbocycles. The molecule has 7 nitrogen and oxygen atoms in total. The summed E-state index contributed by atoms with van der Waals surface area (Å²) in [6, 6.07) is 11.7. The van der Waals surface area contributed by atoms with Crippen molar-refractivity contribution in [3.8, 4) is 0 Å². The molecule has 0 radical (unpaired) electrons. The lowest BCUT2D eigenvalue weighted by atomic mass is 9.80. The first kappa shape index (κ1) is 25.8. The van der Waals surface area contributed by atoms with Crippen LogP contribution in [0.15, 0.2) is 40.1 Å². The van der Waals surface area contributed by atoms with Gasteiger partial charge < -0.3 is 14.8 Å². The molecular weight excluding hydrogens is 458 g/mol. The summed E-state index contributed by atoms with van der Waals surface area (Å²) in [4.78, 5) is 6.72. The Morgan fingerprint density at radius 3 is 2.33 bits per heavy atom. The summed E-state index contributed by atoms with van der Waals surface area (Å²) < 4.78 is 32.8. The van der Waals surface area contributed by atoms with Crippen LogP contribution in [0.1, 0.15) is 59.4 Å².